The molecule has 0 unspecified atom stereocenters. The summed E-state index contributed by atoms with van der Waals surface area (Å²) in [6.45, 7) is 10.8. The van der Waals surface area contributed by atoms with Crippen LogP contribution in [-0.2, 0) is 28.4 Å². The molecule has 0 saturated heterocycles. The highest BCUT2D eigenvalue weighted by Gasteiger charge is 2.34. The predicted octanol–water partition coefficient (Wildman–Crippen LogP) is 5.20. The minimum Gasteiger partial charge on any atom is -0.269 e. The molecule has 0 radical (unpaired) electrons. The summed E-state index contributed by atoms with van der Waals surface area (Å²) in [6, 6.07) is 19.8. The molecule has 0 bridgehead atoms. The standard InChI is InChI=1S/C25H33N3O2S/c1-20(2)28-19-23(24(26-28)25(3,4)5)31(29,30)27(18-22-14-10-7-11-15-22)17-16-21-12-8-6-9-13-21/h6-15,19-20H,16-18H2,1-5H3. The minimum atomic E-state index is -3.75. The molecule has 5 nitrogen and oxygen atoms in total. The first-order valence-corrected chi connectivity index (χ1v) is 12.2. The number of benzene rings is 2. The number of nitrogens with zero attached hydrogens (tertiary/aromatic N) is 3. The van der Waals surface area contributed by atoms with E-state index in [1.165, 1.54) is 0 Å². The van der Waals surface area contributed by atoms with Crippen molar-refractivity contribution < 1.29 is 8.42 Å². The molecule has 31 heavy (non-hydrogen) atoms. The second kappa shape index (κ2) is 9.37. The Kier molecular flexibility index (Phi) is 7.02. The third kappa shape index (κ3) is 5.63. The van der Waals surface area contributed by atoms with E-state index in [2.05, 4.69) is 5.10 Å². The Hall–Kier alpha value is -2.44. The first kappa shape index (κ1) is 23.2. The molecule has 1 aromatic heterocycles. The van der Waals surface area contributed by atoms with E-state index in [1.54, 1.807) is 15.2 Å². The van der Waals surface area contributed by atoms with Crippen LogP contribution >= 0.6 is 0 Å². The highest BCUT2D eigenvalue weighted by Crippen LogP contribution is 2.31. The molecule has 3 rings (SSSR count). The van der Waals surface area contributed by atoms with Crippen LogP contribution in [0.15, 0.2) is 71.8 Å². The van der Waals surface area contributed by atoms with Crippen molar-refractivity contribution in [3.63, 3.8) is 0 Å². The number of hydrogen-bond donors (Lipinski definition) is 0. The monoisotopic (exact) mass is 439 g/mol. The van der Waals surface area contributed by atoms with Crippen LogP contribution in [0.2, 0.25) is 0 Å². The van der Waals surface area contributed by atoms with Crippen molar-refractivity contribution >= 4 is 10.0 Å². The van der Waals surface area contributed by atoms with Crippen molar-refractivity contribution in [1.82, 2.24) is 14.1 Å². The van der Waals surface area contributed by atoms with Crippen LogP contribution in [0, 0.1) is 0 Å². The highest BCUT2D eigenvalue weighted by molar-refractivity contribution is 7.89. The van der Waals surface area contributed by atoms with Crippen molar-refractivity contribution in [2.45, 2.75) is 63.9 Å². The van der Waals surface area contributed by atoms with Gasteiger partial charge in [0.15, 0.2) is 0 Å². The van der Waals surface area contributed by atoms with E-state index in [0.29, 0.717) is 30.1 Å². The van der Waals surface area contributed by atoms with E-state index in [1.807, 2.05) is 95.3 Å². The molecule has 0 N–H and O–H groups in total. The molecule has 2 aromatic carbocycles. The fraction of sp³-hybridized carbons (Fsp3) is 0.400. The Morgan fingerprint density at radius 3 is 2.00 bits per heavy atom. The Morgan fingerprint density at radius 1 is 0.935 bits per heavy atom. The van der Waals surface area contributed by atoms with Gasteiger partial charge in [-0.15, -0.1) is 0 Å². The lowest BCUT2D eigenvalue weighted by atomic mass is 9.92. The van der Waals surface area contributed by atoms with E-state index >= 15 is 0 Å². The lowest BCUT2D eigenvalue weighted by Gasteiger charge is -2.24. The van der Waals surface area contributed by atoms with Gasteiger partial charge in [0.2, 0.25) is 10.0 Å². The van der Waals surface area contributed by atoms with E-state index in [-0.39, 0.29) is 11.5 Å². The maximum absolute atomic E-state index is 13.9. The smallest absolute Gasteiger partial charge is 0.246 e. The molecule has 0 atom stereocenters. The van der Waals surface area contributed by atoms with E-state index in [4.69, 9.17) is 0 Å². The Bertz CT molecular complexity index is 1080. The van der Waals surface area contributed by atoms with Gasteiger partial charge in [0.1, 0.15) is 4.90 Å². The number of rotatable bonds is 8. The summed E-state index contributed by atoms with van der Waals surface area (Å²) in [4.78, 5) is 0.303. The van der Waals surface area contributed by atoms with Gasteiger partial charge >= 0.3 is 0 Å². The van der Waals surface area contributed by atoms with Crippen LogP contribution in [0.1, 0.15) is 57.5 Å². The second-order valence-corrected chi connectivity index (χ2v) is 11.1. The number of hydrogen-bond acceptors (Lipinski definition) is 3. The maximum atomic E-state index is 13.9. The fourth-order valence-corrected chi connectivity index (χ4v) is 5.22. The van der Waals surface area contributed by atoms with E-state index in [0.717, 1.165) is 11.1 Å². The SMILES string of the molecule is CC(C)n1cc(S(=O)(=O)N(CCc2ccccc2)Cc2ccccc2)c(C(C)(C)C)n1. The van der Waals surface area contributed by atoms with Crippen LogP contribution in [0.5, 0.6) is 0 Å². The van der Waals surface area contributed by atoms with Crippen molar-refractivity contribution in [2.75, 3.05) is 6.54 Å². The average molecular weight is 440 g/mol. The third-order valence-corrected chi connectivity index (χ3v) is 7.10. The van der Waals surface area contributed by atoms with Gasteiger partial charge in [0.05, 0.1) is 5.69 Å². The van der Waals surface area contributed by atoms with Crippen LogP contribution in [0.4, 0.5) is 0 Å². The lowest BCUT2D eigenvalue weighted by molar-refractivity contribution is 0.407. The van der Waals surface area contributed by atoms with Gasteiger partial charge in [-0.25, -0.2) is 8.42 Å². The summed E-state index contributed by atoms with van der Waals surface area (Å²) in [5.41, 5.74) is 2.30. The van der Waals surface area contributed by atoms with Gasteiger partial charge in [-0.2, -0.15) is 9.40 Å². The zero-order valence-electron chi connectivity index (χ0n) is 19.1. The van der Waals surface area contributed by atoms with Crippen LogP contribution in [-0.4, -0.2) is 29.0 Å². The van der Waals surface area contributed by atoms with Crippen molar-refractivity contribution in [1.29, 1.82) is 0 Å². The molecule has 0 aliphatic heterocycles. The molecule has 3 aromatic rings. The first-order chi connectivity index (χ1) is 14.6. The van der Waals surface area contributed by atoms with Gasteiger partial charge in [-0.1, -0.05) is 81.4 Å². The summed E-state index contributed by atoms with van der Waals surface area (Å²) < 4.78 is 31.2. The van der Waals surface area contributed by atoms with Gasteiger partial charge in [0, 0.05) is 30.7 Å². The summed E-state index contributed by atoms with van der Waals surface area (Å²) in [5, 5.41) is 4.67. The molecule has 0 spiro atoms. The quantitative estimate of drug-likeness (QED) is 0.485. The molecular weight excluding hydrogens is 406 g/mol. The molecule has 0 saturated carbocycles. The predicted molar refractivity (Wildman–Crippen MR) is 125 cm³/mol. The Morgan fingerprint density at radius 2 is 1.48 bits per heavy atom. The summed E-state index contributed by atoms with van der Waals surface area (Å²) >= 11 is 0. The van der Waals surface area contributed by atoms with Crippen LogP contribution < -0.4 is 0 Å². The molecule has 0 aliphatic rings. The fourth-order valence-electron chi connectivity index (χ4n) is 3.46. The van der Waals surface area contributed by atoms with Gasteiger partial charge in [-0.05, 0) is 31.4 Å². The molecule has 166 valence electrons. The number of aromatic nitrogens is 2. The minimum absolute atomic E-state index is 0.0805. The Balaban J connectivity index is 2.02. The van der Waals surface area contributed by atoms with Gasteiger partial charge < -0.3 is 0 Å². The first-order valence-electron chi connectivity index (χ1n) is 10.8. The molecule has 1 heterocycles. The average Bonchev–Trinajstić information content (AvgIpc) is 3.20. The molecule has 6 heteroatoms. The normalized spacial score (nSPS) is 12.6. The van der Waals surface area contributed by atoms with E-state index in [9.17, 15) is 8.42 Å². The van der Waals surface area contributed by atoms with E-state index < -0.39 is 10.0 Å². The Labute approximate surface area is 186 Å². The van der Waals surface area contributed by atoms with Crippen molar-refractivity contribution in [3.8, 4) is 0 Å². The maximum Gasteiger partial charge on any atom is 0.246 e. The van der Waals surface area contributed by atoms with Crippen molar-refractivity contribution in [2.24, 2.45) is 0 Å². The largest absolute Gasteiger partial charge is 0.269 e. The summed E-state index contributed by atoms with van der Waals surface area (Å²) in [6.07, 6.45) is 2.34. The van der Waals surface area contributed by atoms with Crippen LogP contribution in [0.25, 0.3) is 0 Å². The lowest BCUT2D eigenvalue weighted by Crippen LogP contribution is -2.34. The van der Waals surface area contributed by atoms with Gasteiger partial charge in [-0.3, -0.25) is 4.68 Å². The zero-order chi connectivity index (χ0) is 22.6. The summed E-state index contributed by atoms with van der Waals surface area (Å²) in [5.74, 6) is 0. The topological polar surface area (TPSA) is 55.2 Å². The molecule has 0 fully saturated rings. The van der Waals surface area contributed by atoms with Crippen LogP contribution in [0.3, 0.4) is 0 Å². The second-order valence-electron chi connectivity index (χ2n) is 9.23. The molecule has 0 amide bonds. The third-order valence-electron chi connectivity index (χ3n) is 5.25. The highest BCUT2D eigenvalue weighted by atomic mass is 32.2. The molecule has 0 aliphatic carbocycles. The summed E-state index contributed by atoms with van der Waals surface area (Å²) in [7, 11) is -3.75. The zero-order valence-corrected chi connectivity index (χ0v) is 19.9. The molecular formula is C25H33N3O2S. The van der Waals surface area contributed by atoms with Gasteiger partial charge in [0.25, 0.3) is 0 Å². The number of sulfonamides is 1. The van der Waals surface area contributed by atoms with Crippen molar-refractivity contribution in [3.05, 3.63) is 83.7 Å².